The third kappa shape index (κ3) is 3.79. The van der Waals surface area contributed by atoms with E-state index in [9.17, 15) is 4.79 Å². The zero-order valence-corrected chi connectivity index (χ0v) is 23.2. The standard InChI is InChI=1S/C27H35BrN2O2S/c1-16(2)33(17(3)4,18(5)6)30-12-11-19(15-30)22-14-24(32-27(22,7)8)25-21-10-9-20(28)13-23(21)29-26(25)31/h9-18H,1-8H3,(H,29,31)/b25-24+. The average molecular weight is 532 g/mol. The third-order valence-corrected chi connectivity index (χ3v) is 12.9. The molecule has 0 bridgehead atoms. The average Bonchev–Trinajstić information content (AvgIpc) is 3.35. The molecule has 2 aliphatic heterocycles. The van der Waals surface area contributed by atoms with E-state index in [1.807, 2.05) is 18.2 Å². The summed E-state index contributed by atoms with van der Waals surface area (Å²) in [6, 6.07) is 8.05. The van der Waals surface area contributed by atoms with Gasteiger partial charge in [0.15, 0.2) is 0 Å². The van der Waals surface area contributed by atoms with Crippen LogP contribution in [0, 0.1) is 0 Å². The molecule has 33 heavy (non-hydrogen) atoms. The number of rotatable bonds is 5. The van der Waals surface area contributed by atoms with Crippen molar-refractivity contribution in [1.29, 1.82) is 0 Å². The van der Waals surface area contributed by atoms with E-state index in [0.29, 0.717) is 27.1 Å². The first-order valence-electron chi connectivity index (χ1n) is 11.6. The topological polar surface area (TPSA) is 43.3 Å². The van der Waals surface area contributed by atoms with Gasteiger partial charge in [0.2, 0.25) is 0 Å². The van der Waals surface area contributed by atoms with Crippen molar-refractivity contribution in [2.24, 2.45) is 0 Å². The molecule has 4 nitrogen and oxygen atoms in total. The van der Waals surface area contributed by atoms with Crippen LogP contribution >= 0.6 is 26.1 Å². The van der Waals surface area contributed by atoms with Crippen molar-refractivity contribution >= 4 is 48.9 Å². The Hall–Kier alpha value is -1.92. The molecule has 0 unspecified atom stereocenters. The van der Waals surface area contributed by atoms with Gasteiger partial charge in [-0.15, -0.1) is 0 Å². The van der Waals surface area contributed by atoms with Crippen LogP contribution in [-0.2, 0) is 9.53 Å². The molecule has 0 aliphatic carbocycles. The lowest BCUT2D eigenvalue weighted by molar-refractivity contribution is -0.111. The monoisotopic (exact) mass is 530 g/mol. The number of halogens is 1. The molecule has 4 rings (SSSR count). The number of amides is 1. The van der Waals surface area contributed by atoms with E-state index in [1.54, 1.807) is 0 Å². The second-order valence-electron chi connectivity index (χ2n) is 10.2. The van der Waals surface area contributed by atoms with Gasteiger partial charge < -0.3 is 14.0 Å². The number of anilines is 1. The number of aromatic nitrogens is 1. The normalized spacial score (nSPS) is 20.4. The molecule has 2 aliphatic rings. The first kappa shape index (κ1) is 24.2. The van der Waals surface area contributed by atoms with Crippen molar-refractivity contribution in [1.82, 2.24) is 3.97 Å². The zero-order valence-electron chi connectivity index (χ0n) is 20.8. The summed E-state index contributed by atoms with van der Waals surface area (Å²) in [5.41, 5.74) is 4.03. The number of fused-ring (bicyclic) bond motifs is 1. The van der Waals surface area contributed by atoms with Gasteiger partial charge in [0, 0.05) is 49.3 Å². The van der Waals surface area contributed by atoms with E-state index in [2.05, 4.69) is 105 Å². The van der Waals surface area contributed by atoms with E-state index < -0.39 is 15.8 Å². The van der Waals surface area contributed by atoms with E-state index >= 15 is 0 Å². The number of allylic oxidation sites excluding steroid dienone is 1. The maximum absolute atomic E-state index is 12.8. The first-order chi connectivity index (χ1) is 15.4. The van der Waals surface area contributed by atoms with Gasteiger partial charge in [-0.1, -0.05) is 63.5 Å². The quantitative estimate of drug-likeness (QED) is 0.404. The van der Waals surface area contributed by atoms with Gasteiger partial charge in [0.05, 0.1) is 11.3 Å². The van der Waals surface area contributed by atoms with Crippen molar-refractivity contribution in [2.75, 3.05) is 5.32 Å². The van der Waals surface area contributed by atoms with E-state index in [4.69, 9.17) is 4.74 Å². The Labute approximate surface area is 208 Å². The summed E-state index contributed by atoms with van der Waals surface area (Å²) in [6.07, 6.45) is 6.62. The lowest BCUT2D eigenvalue weighted by atomic mass is 9.94. The fourth-order valence-corrected chi connectivity index (χ4v) is 11.4. The van der Waals surface area contributed by atoms with Gasteiger partial charge in [0.25, 0.3) is 5.91 Å². The van der Waals surface area contributed by atoms with E-state index in [0.717, 1.165) is 26.9 Å². The van der Waals surface area contributed by atoms with Crippen molar-refractivity contribution in [3.63, 3.8) is 0 Å². The van der Waals surface area contributed by atoms with Crippen molar-refractivity contribution in [2.45, 2.75) is 76.7 Å². The molecule has 0 saturated carbocycles. The fourth-order valence-electron chi connectivity index (χ4n) is 5.70. The molecule has 1 N–H and O–H groups in total. The number of benzene rings is 1. The first-order valence-corrected chi connectivity index (χ1v) is 14.2. The number of hydrogen-bond donors (Lipinski definition) is 1. The number of carbonyl (C=O) groups is 1. The Morgan fingerprint density at radius 2 is 1.67 bits per heavy atom. The maximum atomic E-state index is 12.8. The number of nitrogens with zero attached hydrogens (tertiary/aromatic N) is 1. The molecular formula is C27H35BrN2O2S. The number of carbonyl (C=O) groups excluding carboxylic acids is 1. The van der Waals surface area contributed by atoms with Gasteiger partial charge >= 0.3 is 0 Å². The predicted molar refractivity (Wildman–Crippen MR) is 146 cm³/mol. The molecule has 0 atom stereocenters. The Morgan fingerprint density at radius 3 is 2.27 bits per heavy atom. The Morgan fingerprint density at radius 1 is 1.03 bits per heavy atom. The number of ether oxygens (including phenoxy) is 1. The predicted octanol–water partition coefficient (Wildman–Crippen LogP) is 7.60. The molecule has 1 amide bonds. The molecule has 6 heteroatoms. The summed E-state index contributed by atoms with van der Waals surface area (Å²) in [6.45, 7) is 18.3. The molecule has 2 aromatic rings. The van der Waals surface area contributed by atoms with Gasteiger partial charge in [-0.25, -0.2) is 0 Å². The van der Waals surface area contributed by atoms with Crippen molar-refractivity contribution in [3.05, 3.63) is 64.1 Å². The van der Waals surface area contributed by atoms with Crippen LogP contribution in [0.1, 0.15) is 66.5 Å². The summed E-state index contributed by atoms with van der Waals surface area (Å²) < 4.78 is 9.84. The van der Waals surface area contributed by atoms with E-state index in [1.165, 1.54) is 0 Å². The highest BCUT2D eigenvalue weighted by molar-refractivity contribution is 9.10. The zero-order chi connectivity index (χ0) is 24.3. The van der Waals surface area contributed by atoms with Gasteiger partial charge in [-0.2, -0.15) is 10.2 Å². The van der Waals surface area contributed by atoms with Gasteiger partial charge in [0.1, 0.15) is 11.4 Å². The molecule has 0 spiro atoms. The summed E-state index contributed by atoms with van der Waals surface area (Å²) in [7, 11) is -1.09. The summed E-state index contributed by atoms with van der Waals surface area (Å²) in [4.78, 5) is 12.8. The lowest BCUT2D eigenvalue weighted by Gasteiger charge is -2.52. The highest BCUT2D eigenvalue weighted by atomic mass is 79.9. The molecule has 0 fully saturated rings. The van der Waals surface area contributed by atoms with Gasteiger partial charge in [-0.3, -0.25) is 4.79 Å². The van der Waals surface area contributed by atoms with Crippen LogP contribution in [0.25, 0.3) is 11.1 Å². The molecule has 178 valence electrons. The summed E-state index contributed by atoms with van der Waals surface area (Å²) >= 11 is 3.48. The highest BCUT2D eigenvalue weighted by Gasteiger charge is 2.40. The Balaban J connectivity index is 1.82. The highest BCUT2D eigenvalue weighted by Crippen LogP contribution is 2.61. The largest absolute Gasteiger partial charge is 0.482 e. The fraction of sp³-hybridized carbons (Fsp3) is 0.444. The van der Waals surface area contributed by atoms with Crippen LogP contribution in [0.15, 0.2) is 53.0 Å². The minimum atomic E-state index is -1.09. The van der Waals surface area contributed by atoms with Gasteiger partial charge in [-0.05, 0) is 38.1 Å². The third-order valence-electron chi connectivity index (χ3n) is 6.87. The van der Waals surface area contributed by atoms with Crippen LogP contribution in [0.2, 0.25) is 0 Å². The van der Waals surface area contributed by atoms with Crippen LogP contribution < -0.4 is 5.32 Å². The Kier molecular flexibility index (Phi) is 6.15. The van der Waals surface area contributed by atoms with Crippen LogP contribution in [0.4, 0.5) is 5.69 Å². The minimum Gasteiger partial charge on any atom is -0.482 e. The second kappa shape index (κ2) is 8.38. The summed E-state index contributed by atoms with van der Waals surface area (Å²) in [5, 5.41) is 4.67. The molecule has 0 saturated heterocycles. The molecular weight excluding hydrogens is 496 g/mol. The van der Waals surface area contributed by atoms with E-state index in [-0.39, 0.29) is 5.91 Å². The van der Waals surface area contributed by atoms with Crippen LogP contribution in [0.3, 0.4) is 0 Å². The van der Waals surface area contributed by atoms with Crippen molar-refractivity contribution < 1.29 is 9.53 Å². The second-order valence-corrected chi connectivity index (χ2v) is 15.8. The van der Waals surface area contributed by atoms with Crippen molar-refractivity contribution in [3.8, 4) is 0 Å². The number of nitrogens with one attached hydrogen (secondary N) is 1. The molecule has 1 aromatic heterocycles. The smallest absolute Gasteiger partial charge is 0.260 e. The van der Waals surface area contributed by atoms with Crippen LogP contribution in [-0.4, -0.2) is 31.2 Å². The molecule has 3 heterocycles. The minimum absolute atomic E-state index is 0.119. The SMILES string of the molecule is CC(C)S(C(C)C)(C(C)C)n1ccc(C2=C/C(=C3\C(=O)Nc4cc(Br)ccc43)OC2(C)C)c1. The summed E-state index contributed by atoms with van der Waals surface area (Å²) in [5.74, 6) is 0.517. The Bertz CT molecular complexity index is 1150. The lowest BCUT2D eigenvalue weighted by Crippen LogP contribution is -2.33. The molecule has 0 radical (unpaired) electrons. The number of hydrogen-bond acceptors (Lipinski definition) is 2. The van der Waals surface area contributed by atoms with Crippen LogP contribution in [0.5, 0.6) is 0 Å². The maximum Gasteiger partial charge on any atom is 0.260 e. The molecule has 1 aromatic carbocycles.